The number of halogens is 2. The maximum absolute atomic E-state index is 12.4. The molecule has 1 amide bonds. The van der Waals surface area contributed by atoms with Crippen LogP contribution in [0.1, 0.15) is 34.8 Å². The predicted octanol–water partition coefficient (Wildman–Crippen LogP) is 4.29. The van der Waals surface area contributed by atoms with E-state index in [9.17, 15) is 9.59 Å². The number of benzene rings is 1. The summed E-state index contributed by atoms with van der Waals surface area (Å²) >= 11 is 11.9. The molecule has 1 N–H and O–H groups in total. The minimum Gasteiger partial charge on any atom is -0.454 e. The molecule has 2 heterocycles. The molecule has 0 spiro atoms. The molecule has 0 bridgehead atoms. The van der Waals surface area contributed by atoms with Gasteiger partial charge in [-0.05, 0) is 42.8 Å². The third kappa shape index (κ3) is 4.18. The first kappa shape index (κ1) is 18.3. The molecule has 5 nitrogen and oxygen atoms in total. The number of hydrogen-bond acceptors (Lipinski definition) is 3. The first-order valence-electron chi connectivity index (χ1n) is 7.94. The smallest absolute Gasteiger partial charge is 0.287 e. The molecule has 0 aliphatic rings. The van der Waals surface area contributed by atoms with Crippen molar-refractivity contribution in [1.82, 2.24) is 9.88 Å². The van der Waals surface area contributed by atoms with Gasteiger partial charge in [-0.3, -0.25) is 9.59 Å². The Hall–Kier alpha value is -2.50. The number of carbonyl (C=O) groups excluding carboxylic acids is 1. The van der Waals surface area contributed by atoms with Gasteiger partial charge in [-0.2, -0.15) is 0 Å². The van der Waals surface area contributed by atoms with E-state index in [0.29, 0.717) is 15.8 Å². The summed E-state index contributed by atoms with van der Waals surface area (Å²) in [5.74, 6) is 0.344. The van der Waals surface area contributed by atoms with Gasteiger partial charge in [0.05, 0.1) is 22.6 Å². The van der Waals surface area contributed by atoms with E-state index < -0.39 is 0 Å². The quantitative estimate of drug-likeness (QED) is 0.706. The summed E-state index contributed by atoms with van der Waals surface area (Å²) in [7, 11) is 0. The Kier molecular flexibility index (Phi) is 5.49. The lowest BCUT2D eigenvalue weighted by Crippen LogP contribution is -2.26. The zero-order chi connectivity index (χ0) is 18.7. The molecular formula is C19H16Cl2N2O3. The van der Waals surface area contributed by atoms with Crippen molar-refractivity contribution in [1.29, 1.82) is 0 Å². The van der Waals surface area contributed by atoms with E-state index in [1.54, 1.807) is 48.7 Å². The highest BCUT2D eigenvalue weighted by Crippen LogP contribution is 2.25. The molecule has 0 fully saturated rings. The van der Waals surface area contributed by atoms with E-state index in [0.717, 1.165) is 5.56 Å². The molecule has 1 aromatic carbocycles. The summed E-state index contributed by atoms with van der Waals surface area (Å²) in [6.07, 6.45) is 1.66. The fourth-order valence-corrected chi connectivity index (χ4v) is 2.78. The number of aromatic nitrogens is 1. The number of nitrogens with zero attached hydrogens (tertiary/aromatic N) is 1. The van der Waals surface area contributed by atoms with Crippen LogP contribution in [0.2, 0.25) is 10.0 Å². The van der Waals surface area contributed by atoms with Crippen LogP contribution in [0, 0.1) is 0 Å². The minimum absolute atomic E-state index is 0.136. The van der Waals surface area contributed by atoms with E-state index in [-0.39, 0.29) is 29.8 Å². The van der Waals surface area contributed by atoms with Crippen LogP contribution in [-0.4, -0.2) is 10.5 Å². The van der Waals surface area contributed by atoms with Gasteiger partial charge in [0.15, 0.2) is 5.76 Å². The molecular weight excluding hydrogens is 375 g/mol. The van der Waals surface area contributed by atoms with Gasteiger partial charge in [0.2, 0.25) is 0 Å². The first-order chi connectivity index (χ1) is 12.4. The second-order valence-corrected chi connectivity index (χ2v) is 6.62. The van der Waals surface area contributed by atoms with Gasteiger partial charge >= 0.3 is 0 Å². The third-order valence-electron chi connectivity index (χ3n) is 3.90. The van der Waals surface area contributed by atoms with Crippen molar-refractivity contribution in [2.24, 2.45) is 0 Å². The second kappa shape index (κ2) is 7.81. The van der Waals surface area contributed by atoms with E-state index in [1.807, 2.05) is 6.92 Å². The van der Waals surface area contributed by atoms with Crippen LogP contribution >= 0.6 is 23.2 Å². The highest BCUT2D eigenvalue weighted by Gasteiger charge is 2.16. The monoisotopic (exact) mass is 390 g/mol. The van der Waals surface area contributed by atoms with E-state index in [1.165, 1.54) is 10.6 Å². The lowest BCUT2D eigenvalue weighted by molar-refractivity contribution is 0.0910. The summed E-state index contributed by atoms with van der Waals surface area (Å²) in [4.78, 5) is 24.1. The highest BCUT2D eigenvalue weighted by molar-refractivity contribution is 6.42. The molecule has 2 aromatic heterocycles. The largest absolute Gasteiger partial charge is 0.454 e. The molecule has 134 valence electrons. The lowest BCUT2D eigenvalue weighted by atomic mass is 10.1. The third-order valence-corrected chi connectivity index (χ3v) is 4.64. The Morgan fingerprint density at radius 1 is 1.15 bits per heavy atom. The molecule has 0 aliphatic heterocycles. The molecule has 7 heteroatoms. The van der Waals surface area contributed by atoms with Crippen LogP contribution in [0.25, 0.3) is 0 Å². The van der Waals surface area contributed by atoms with Crippen LogP contribution < -0.4 is 10.9 Å². The SMILES string of the molecule is CC(NC(=O)c1ccc(Cn2ccccc2=O)o1)c1ccc(Cl)c(Cl)c1. The number of furan rings is 1. The van der Waals surface area contributed by atoms with Crippen LogP contribution in [-0.2, 0) is 6.54 Å². The highest BCUT2D eigenvalue weighted by atomic mass is 35.5. The molecule has 1 unspecified atom stereocenters. The Labute approximate surface area is 160 Å². The Morgan fingerprint density at radius 3 is 2.69 bits per heavy atom. The molecule has 0 radical (unpaired) electrons. The van der Waals surface area contributed by atoms with Gasteiger partial charge in [0.1, 0.15) is 5.76 Å². The van der Waals surface area contributed by atoms with Gasteiger partial charge in [0, 0.05) is 12.3 Å². The molecule has 3 aromatic rings. The van der Waals surface area contributed by atoms with E-state index >= 15 is 0 Å². The number of pyridine rings is 1. The Morgan fingerprint density at radius 2 is 1.96 bits per heavy atom. The van der Waals surface area contributed by atoms with Crippen molar-refractivity contribution in [3.63, 3.8) is 0 Å². The maximum Gasteiger partial charge on any atom is 0.287 e. The number of amides is 1. The van der Waals surface area contributed by atoms with Crippen LogP contribution in [0.5, 0.6) is 0 Å². The van der Waals surface area contributed by atoms with Crippen LogP contribution in [0.4, 0.5) is 0 Å². The predicted molar refractivity (Wildman–Crippen MR) is 101 cm³/mol. The van der Waals surface area contributed by atoms with Crippen molar-refractivity contribution in [2.75, 3.05) is 0 Å². The number of carbonyl (C=O) groups is 1. The normalized spacial score (nSPS) is 12.0. The summed E-state index contributed by atoms with van der Waals surface area (Å²) in [6.45, 7) is 2.10. The maximum atomic E-state index is 12.4. The van der Waals surface area contributed by atoms with Crippen molar-refractivity contribution in [2.45, 2.75) is 19.5 Å². The zero-order valence-electron chi connectivity index (χ0n) is 13.9. The molecule has 0 saturated carbocycles. The van der Waals surface area contributed by atoms with Gasteiger partial charge in [0.25, 0.3) is 11.5 Å². The minimum atomic E-state index is -0.352. The van der Waals surface area contributed by atoms with Crippen molar-refractivity contribution in [3.8, 4) is 0 Å². The standard InChI is InChI=1S/C19H16Cl2N2O3/c1-12(13-5-7-15(20)16(21)10-13)22-19(25)17-8-6-14(26-17)11-23-9-3-2-4-18(23)24/h2-10,12H,11H2,1H3,(H,22,25). The fraction of sp³-hybridized carbons (Fsp3) is 0.158. The summed E-state index contributed by atoms with van der Waals surface area (Å²) < 4.78 is 7.06. The van der Waals surface area contributed by atoms with Gasteiger partial charge in [-0.15, -0.1) is 0 Å². The molecule has 1 atom stereocenters. The summed E-state index contributed by atoms with van der Waals surface area (Å²) in [5, 5.41) is 3.73. The lowest BCUT2D eigenvalue weighted by Gasteiger charge is -2.14. The van der Waals surface area contributed by atoms with E-state index in [4.69, 9.17) is 27.6 Å². The van der Waals surface area contributed by atoms with Crippen molar-refractivity contribution >= 4 is 29.1 Å². The average Bonchev–Trinajstić information content (AvgIpc) is 3.08. The Bertz CT molecular complexity index is 994. The summed E-state index contributed by atoms with van der Waals surface area (Å²) in [5.41, 5.74) is 0.693. The molecule has 3 rings (SSSR count). The number of nitrogens with one attached hydrogen (secondary N) is 1. The van der Waals surface area contributed by atoms with Crippen LogP contribution in [0.3, 0.4) is 0 Å². The number of hydrogen-bond donors (Lipinski definition) is 1. The fourth-order valence-electron chi connectivity index (χ4n) is 2.48. The second-order valence-electron chi connectivity index (χ2n) is 5.80. The molecule has 0 aliphatic carbocycles. The van der Waals surface area contributed by atoms with Crippen molar-refractivity contribution in [3.05, 3.63) is 92.2 Å². The zero-order valence-corrected chi connectivity index (χ0v) is 15.4. The number of rotatable bonds is 5. The van der Waals surface area contributed by atoms with Gasteiger partial charge in [-0.25, -0.2) is 0 Å². The Balaban J connectivity index is 1.68. The summed E-state index contributed by atoms with van der Waals surface area (Å²) in [6, 6.07) is 13.1. The van der Waals surface area contributed by atoms with Crippen molar-refractivity contribution < 1.29 is 9.21 Å². The van der Waals surface area contributed by atoms with E-state index in [2.05, 4.69) is 5.32 Å². The first-order valence-corrected chi connectivity index (χ1v) is 8.69. The molecule has 0 saturated heterocycles. The van der Waals surface area contributed by atoms with Gasteiger partial charge in [-0.1, -0.05) is 35.3 Å². The van der Waals surface area contributed by atoms with Gasteiger partial charge < -0.3 is 14.3 Å². The van der Waals surface area contributed by atoms with Crippen LogP contribution in [0.15, 0.2) is 63.9 Å². The topological polar surface area (TPSA) is 64.2 Å². The molecule has 26 heavy (non-hydrogen) atoms. The average molecular weight is 391 g/mol.